The molecule has 0 amide bonds. The van der Waals surface area contributed by atoms with E-state index in [4.69, 9.17) is 9.84 Å². The first-order valence-corrected chi connectivity index (χ1v) is 8.82. The van der Waals surface area contributed by atoms with E-state index >= 15 is 0 Å². The molecule has 1 aliphatic rings. The van der Waals surface area contributed by atoms with Crippen molar-refractivity contribution in [2.45, 2.75) is 89.7 Å². The van der Waals surface area contributed by atoms with Crippen LogP contribution in [0, 0.1) is 0 Å². The number of ether oxygens (including phenoxy) is 1. The first-order valence-electron chi connectivity index (χ1n) is 8.82. The summed E-state index contributed by atoms with van der Waals surface area (Å²) in [5.74, 6) is 0. The van der Waals surface area contributed by atoms with E-state index in [-0.39, 0.29) is 25.1 Å². The molecular weight excluding hydrogens is 286 g/mol. The number of nitrogens with one attached hydrogen (secondary N) is 1. The summed E-state index contributed by atoms with van der Waals surface area (Å²) in [5, 5.41) is 12.3. The molecule has 0 radical (unpaired) electrons. The van der Waals surface area contributed by atoms with Crippen LogP contribution in [0.1, 0.15) is 77.6 Å². The molecule has 1 saturated heterocycles. The van der Waals surface area contributed by atoms with Crippen LogP contribution in [-0.4, -0.2) is 37.0 Å². The van der Waals surface area contributed by atoms with Gasteiger partial charge in [0.15, 0.2) is 0 Å². The summed E-state index contributed by atoms with van der Waals surface area (Å²) >= 11 is 0. The topological polar surface area (TPSA) is 41.5 Å². The Labute approximate surface area is 137 Å². The number of halogens is 1. The Balaban J connectivity index is 0.00000400. The van der Waals surface area contributed by atoms with Crippen molar-refractivity contribution in [3.63, 3.8) is 0 Å². The number of unbranched alkanes of at least 4 members (excludes halogenated alkanes) is 9. The normalized spacial score (nSPS) is 21.4. The number of hydrogen-bond acceptors (Lipinski definition) is 3. The highest BCUT2D eigenvalue weighted by Gasteiger charge is 2.23. The Kier molecular flexibility index (Phi) is 15.2. The molecule has 0 aromatic heterocycles. The molecule has 1 heterocycles. The van der Waals surface area contributed by atoms with Gasteiger partial charge in [0.05, 0.1) is 12.7 Å². The summed E-state index contributed by atoms with van der Waals surface area (Å²) in [6, 6.07) is 0.257. The summed E-state index contributed by atoms with van der Waals surface area (Å²) in [6.07, 6.45) is 15.0. The summed E-state index contributed by atoms with van der Waals surface area (Å²) in [4.78, 5) is 0. The van der Waals surface area contributed by atoms with Gasteiger partial charge in [-0.2, -0.15) is 0 Å². The number of hydrogen-bond donors (Lipinski definition) is 2. The van der Waals surface area contributed by atoms with E-state index in [0.29, 0.717) is 6.10 Å². The lowest BCUT2D eigenvalue weighted by molar-refractivity contribution is 0.0610. The van der Waals surface area contributed by atoms with Crippen LogP contribution in [0.15, 0.2) is 0 Å². The maximum Gasteiger partial charge on any atom is 0.0715 e. The molecule has 2 atom stereocenters. The van der Waals surface area contributed by atoms with Gasteiger partial charge < -0.3 is 15.2 Å². The Hall–Kier alpha value is 0.170. The lowest BCUT2D eigenvalue weighted by atomic mass is 10.1. The number of aliphatic hydroxyl groups excluding tert-OH is 1. The lowest BCUT2D eigenvalue weighted by Gasteiger charge is -2.10. The van der Waals surface area contributed by atoms with Crippen LogP contribution in [0.3, 0.4) is 0 Å². The monoisotopic (exact) mass is 321 g/mol. The van der Waals surface area contributed by atoms with E-state index in [2.05, 4.69) is 12.2 Å². The summed E-state index contributed by atoms with van der Waals surface area (Å²) in [7, 11) is 0. The van der Waals surface area contributed by atoms with Gasteiger partial charge in [-0.1, -0.05) is 64.7 Å². The molecule has 3 nitrogen and oxygen atoms in total. The highest BCUT2D eigenvalue weighted by molar-refractivity contribution is 5.85. The van der Waals surface area contributed by atoms with Gasteiger partial charge in [-0.3, -0.25) is 0 Å². The predicted octanol–water partition coefficient (Wildman–Crippen LogP) is 4.07. The molecular formula is C17H36ClNO2. The molecule has 0 aromatic carbocycles. The van der Waals surface area contributed by atoms with Crippen LogP contribution in [0.5, 0.6) is 0 Å². The third kappa shape index (κ3) is 11.4. The minimum absolute atomic E-state index is 0. The second-order valence-electron chi connectivity index (χ2n) is 6.20. The second kappa shape index (κ2) is 15.1. The van der Waals surface area contributed by atoms with E-state index in [1.54, 1.807) is 0 Å². The van der Waals surface area contributed by atoms with Gasteiger partial charge in [-0.05, 0) is 12.8 Å². The maximum absolute atomic E-state index is 9.03. The van der Waals surface area contributed by atoms with Gasteiger partial charge in [0.1, 0.15) is 0 Å². The third-order valence-corrected chi connectivity index (χ3v) is 4.25. The van der Waals surface area contributed by atoms with E-state index < -0.39 is 0 Å². The molecule has 0 bridgehead atoms. The van der Waals surface area contributed by atoms with Crippen molar-refractivity contribution < 1.29 is 9.84 Å². The maximum atomic E-state index is 9.03. The minimum Gasteiger partial charge on any atom is -0.395 e. The quantitative estimate of drug-likeness (QED) is 0.502. The highest BCUT2D eigenvalue weighted by Crippen LogP contribution is 2.13. The summed E-state index contributed by atoms with van der Waals surface area (Å²) < 4.78 is 5.83. The second-order valence-corrected chi connectivity index (χ2v) is 6.20. The Bertz CT molecular complexity index is 217. The molecule has 128 valence electrons. The SMILES string of the molecule is CCCCCCCCCCCCO[C@@H]1CN[C@@H](CO)C1.Cl. The lowest BCUT2D eigenvalue weighted by Crippen LogP contribution is -2.24. The summed E-state index contributed by atoms with van der Waals surface area (Å²) in [6.45, 7) is 4.30. The van der Waals surface area contributed by atoms with Gasteiger partial charge in [0, 0.05) is 19.2 Å². The number of rotatable bonds is 13. The average molecular weight is 322 g/mol. The zero-order chi connectivity index (χ0) is 14.5. The fraction of sp³-hybridized carbons (Fsp3) is 1.00. The fourth-order valence-corrected chi connectivity index (χ4v) is 2.89. The Morgan fingerprint density at radius 2 is 1.52 bits per heavy atom. The van der Waals surface area contributed by atoms with Crippen molar-refractivity contribution >= 4 is 12.4 Å². The van der Waals surface area contributed by atoms with E-state index in [9.17, 15) is 0 Å². The van der Waals surface area contributed by atoms with Crippen LogP contribution < -0.4 is 5.32 Å². The minimum atomic E-state index is 0. The smallest absolute Gasteiger partial charge is 0.0715 e. The van der Waals surface area contributed by atoms with Crippen LogP contribution in [-0.2, 0) is 4.74 Å². The van der Waals surface area contributed by atoms with Crippen molar-refractivity contribution in [2.75, 3.05) is 19.8 Å². The summed E-state index contributed by atoms with van der Waals surface area (Å²) in [5.41, 5.74) is 0. The fourth-order valence-electron chi connectivity index (χ4n) is 2.89. The van der Waals surface area contributed by atoms with Crippen molar-refractivity contribution in [2.24, 2.45) is 0 Å². The van der Waals surface area contributed by atoms with Crippen molar-refractivity contribution in [1.29, 1.82) is 0 Å². The van der Waals surface area contributed by atoms with Gasteiger partial charge in [0.25, 0.3) is 0 Å². The molecule has 1 rings (SSSR count). The molecule has 0 saturated carbocycles. The van der Waals surface area contributed by atoms with Gasteiger partial charge in [0.2, 0.25) is 0 Å². The Morgan fingerprint density at radius 1 is 0.952 bits per heavy atom. The van der Waals surface area contributed by atoms with Crippen molar-refractivity contribution in [3.8, 4) is 0 Å². The molecule has 1 aliphatic heterocycles. The number of aliphatic hydroxyl groups is 1. The first kappa shape index (κ1) is 21.2. The van der Waals surface area contributed by atoms with Gasteiger partial charge in [-0.25, -0.2) is 0 Å². The zero-order valence-electron chi connectivity index (χ0n) is 13.8. The van der Waals surface area contributed by atoms with Crippen molar-refractivity contribution in [1.82, 2.24) is 5.32 Å². The van der Waals surface area contributed by atoms with Crippen LogP contribution >= 0.6 is 12.4 Å². The highest BCUT2D eigenvalue weighted by atomic mass is 35.5. The average Bonchev–Trinajstić information content (AvgIpc) is 2.93. The van der Waals surface area contributed by atoms with E-state index in [0.717, 1.165) is 19.6 Å². The first-order chi connectivity index (χ1) is 9.86. The molecule has 21 heavy (non-hydrogen) atoms. The van der Waals surface area contributed by atoms with Crippen LogP contribution in [0.25, 0.3) is 0 Å². The van der Waals surface area contributed by atoms with Crippen LogP contribution in [0.4, 0.5) is 0 Å². The standard InChI is InChI=1S/C17H35NO2.ClH/c1-2-3-4-5-6-7-8-9-10-11-12-20-17-13-16(15-19)18-14-17;/h16-19H,2-15H2,1H3;1H/t16-,17+;/m1./s1. The molecule has 0 unspecified atom stereocenters. The van der Waals surface area contributed by atoms with Gasteiger partial charge in [-0.15, -0.1) is 12.4 Å². The third-order valence-electron chi connectivity index (χ3n) is 4.25. The molecule has 4 heteroatoms. The van der Waals surface area contributed by atoms with Gasteiger partial charge >= 0.3 is 0 Å². The molecule has 1 fully saturated rings. The largest absolute Gasteiger partial charge is 0.395 e. The Morgan fingerprint density at radius 3 is 2.05 bits per heavy atom. The predicted molar refractivity (Wildman–Crippen MR) is 92.3 cm³/mol. The molecule has 0 aromatic rings. The van der Waals surface area contributed by atoms with Crippen LogP contribution in [0.2, 0.25) is 0 Å². The van der Waals surface area contributed by atoms with E-state index in [1.807, 2.05) is 0 Å². The molecule has 0 aliphatic carbocycles. The molecule has 2 N–H and O–H groups in total. The molecule has 0 spiro atoms. The van der Waals surface area contributed by atoms with Crippen molar-refractivity contribution in [3.05, 3.63) is 0 Å². The zero-order valence-corrected chi connectivity index (χ0v) is 14.6. The van der Waals surface area contributed by atoms with E-state index in [1.165, 1.54) is 64.2 Å².